The fraction of sp³-hybridized carbons (Fsp3) is 0.333. The zero-order valence-electron chi connectivity index (χ0n) is 15.4. The van der Waals surface area contributed by atoms with Gasteiger partial charge < -0.3 is 20.6 Å². The molecule has 0 saturated heterocycles. The quantitative estimate of drug-likeness (QED) is 0.673. The van der Waals surface area contributed by atoms with Crippen LogP contribution in [0.2, 0.25) is 5.02 Å². The van der Waals surface area contributed by atoms with E-state index in [0.29, 0.717) is 28.6 Å². The van der Waals surface area contributed by atoms with Crippen LogP contribution in [0.4, 0.5) is 10.1 Å². The second kappa shape index (κ2) is 7.45. The molecule has 1 saturated carbocycles. The summed E-state index contributed by atoms with van der Waals surface area (Å²) in [6.45, 7) is -0.818. The molecule has 3 atom stereocenters. The molecule has 1 aliphatic heterocycles. The number of nitrogens with one attached hydrogen (secondary N) is 2. The maximum atomic E-state index is 14.3. The predicted octanol–water partition coefficient (Wildman–Crippen LogP) is 1.79. The number of aromatic nitrogens is 2. The molecule has 1 aliphatic carbocycles. The molecule has 4 rings (SSSR count). The number of nitrogens with zero attached hydrogens (tertiary/aromatic N) is 3. The van der Waals surface area contributed by atoms with Gasteiger partial charge in [-0.1, -0.05) is 11.6 Å². The molecule has 4 N–H and O–H groups in total. The van der Waals surface area contributed by atoms with Crippen LogP contribution in [0.5, 0.6) is 5.88 Å². The lowest BCUT2D eigenvalue weighted by molar-refractivity contribution is 0.102. The lowest BCUT2D eigenvalue weighted by Crippen LogP contribution is -2.33. The first-order valence-electron chi connectivity index (χ1n) is 8.78. The van der Waals surface area contributed by atoms with Gasteiger partial charge in [0.25, 0.3) is 5.91 Å². The number of alkyl halides is 1. The molecular weight excluding hydrogens is 403 g/mol. The minimum atomic E-state index is -1.30. The van der Waals surface area contributed by atoms with Crippen LogP contribution in [0.15, 0.2) is 35.6 Å². The minimum Gasteiger partial charge on any atom is -0.480 e. The third kappa shape index (κ3) is 3.56. The predicted molar refractivity (Wildman–Crippen MR) is 103 cm³/mol. The summed E-state index contributed by atoms with van der Waals surface area (Å²) in [7, 11) is 1.45. The van der Waals surface area contributed by atoms with Crippen molar-refractivity contribution in [2.75, 3.05) is 19.1 Å². The number of amides is 1. The lowest BCUT2D eigenvalue weighted by atomic mass is 9.86. The Kier molecular flexibility index (Phi) is 4.97. The Morgan fingerprint density at radius 2 is 2.31 bits per heavy atom. The van der Waals surface area contributed by atoms with Crippen molar-refractivity contribution in [2.45, 2.75) is 18.0 Å². The zero-order chi connectivity index (χ0) is 20.6. The van der Waals surface area contributed by atoms with Crippen LogP contribution in [0.1, 0.15) is 22.5 Å². The summed E-state index contributed by atoms with van der Waals surface area (Å²) in [5, 5.41) is 3.02. The van der Waals surface area contributed by atoms with Gasteiger partial charge in [0.1, 0.15) is 17.9 Å². The smallest absolute Gasteiger partial charge is 0.303 e. The first-order valence-corrected chi connectivity index (χ1v) is 9.15. The number of ether oxygens (including phenoxy) is 1. The summed E-state index contributed by atoms with van der Waals surface area (Å²) in [6, 6.07) is 4.52. The lowest BCUT2D eigenvalue weighted by Gasteiger charge is -2.28. The molecule has 0 radical (unpaired) electrons. The Hall–Kier alpha value is -2.98. The van der Waals surface area contributed by atoms with E-state index in [2.05, 4.69) is 25.8 Å². The van der Waals surface area contributed by atoms with Crippen LogP contribution < -0.4 is 21.3 Å². The maximum absolute atomic E-state index is 14.3. The van der Waals surface area contributed by atoms with Gasteiger partial charge in [-0.3, -0.25) is 4.79 Å². The summed E-state index contributed by atoms with van der Waals surface area (Å²) in [5.74, 6) is -0.371. The summed E-state index contributed by atoms with van der Waals surface area (Å²) in [4.78, 5) is 29.8. The van der Waals surface area contributed by atoms with Crippen LogP contribution in [-0.2, 0) is 10.4 Å². The van der Waals surface area contributed by atoms with Gasteiger partial charge in [-0.2, -0.15) is 0 Å². The van der Waals surface area contributed by atoms with Gasteiger partial charge in [0, 0.05) is 28.2 Å². The third-order valence-electron chi connectivity index (χ3n) is 4.99. The first-order chi connectivity index (χ1) is 14.0. The van der Waals surface area contributed by atoms with Crippen LogP contribution >= 0.6 is 11.6 Å². The number of methoxy groups -OCH3 is 1. The average molecular weight is 421 g/mol. The highest BCUT2D eigenvalue weighted by Crippen LogP contribution is 2.52. The van der Waals surface area contributed by atoms with Gasteiger partial charge >= 0.3 is 6.02 Å². The SMILES string of the molecule is COc1cnc(C(=O)Nc2ccc(Cl)c([C@@]3(CF)N=C(N)ON[C@@H]4C[C@@H]43)c2)cn1. The molecule has 0 unspecified atom stereocenters. The summed E-state index contributed by atoms with van der Waals surface area (Å²) in [5.41, 5.74) is 8.13. The summed E-state index contributed by atoms with van der Waals surface area (Å²) in [6.07, 6.45) is 3.29. The van der Waals surface area contributed by atoms with E-state index in [1.165, 1.54) is 19.5 Å². The van der Waals surface area contributed by atoms with Crippen molar-refractivity contribution >= 4 is 29.2 Å². The van der Waals surface area contributed by atoms with Gasteiger partial charge in [-0.05, 0) is 24.6 Å². The van der Waals surface area contributed by atoms with Crippen molar-refractivity contribution < 1.29 is 18.8 Å². The van der Waals surface area contributed by atoms with Crippen LogP contribution in [0.25, 0.3) is 0 Å². The topological polar surface area (TPSA) is 124 Å². The van der Waals surface area contributed by atoms with Crippen molar-refractivity contribution in [3.8, 4) is 5.88 Å². The Balaban J connectivity index is 1.65. The van der Waals surface area contributed by atoms with E-state index in [0.717, 1.165) is 0 Å². The number of rotatable bonds is 5. The molecule has 0 bridgehead atoms. The number of aliphatic imine (C=N–C) groups is 1. The summed E-state index contributed by atoms with van der Waals surface area (Å²) < 4.78 is 19.3. The molecule has 11 heteroatoms. The van der Waals surface area contributed by atoms with Gasteiger partial charge in [-0.25, -0.2) is 19.4 Å². The minimum absolute atomic E-state index is 0.0839. The number of carbonyl (C=O) groups excluding carboxylic acids is 1. The van der Waals surface area contributed by atoms with E-state index in [1.54, 1.807) is 18.2 Å². The van der Waals surface area contributed by atoms with Gasteiger partial charge in [0.05, 0.1) is 19.5 Å². The normalized spacial score (nSPS) is 25.1. The largest absolute Gasteiger partial charge is 0.480 e. The van der Waals surface area contributed by atoms with Gasteiger partial charge in [0.15, 0.2) is 0 Å². The number of hydrogen-bond acceptors (Lipinski definition) is 8. The highest BCUT2D eigenvalue weighted by molar-refractivity contribution is 6.31. The molecule has 2 aromatic rings. The molecule has 152 valence electrons. The van der Waals surface area contributed by atoms with Gasteiger partial charge in [0.2, 0.25) is 5.88 Å². The molecule has 9 nitrogen and oxygen atoms in total. The number of nitrogens with two attached hydrogens (primary N) is 1. The van der Waals surface area contributed by atoms with Crippen molar-refractivity contribution in [3.05, 3.63) is 46.9 Å². The number of benzene rings is 1. The molecule has 1 aromatic carbocycles. The van der Waals surface area contributed by atoms with E-state index in [1.807, 2.05) is 0 Å². The number of anilines is 1. The van der Waals surface area contributed by atoms with E-state index in [4.69, 9.17) is 26.9 Å². The van der Waals surface area contributed by atoms with Crippen LogP contribution in [0, 0.1) is 5.92 Å². The number of hydroxylamine groups is 1. The number of fused-ring (bicyclic) bond motifs is 1. The first kappa shape index (κ1) is 19.3. The van der Waals surface area contributed by atoms with Crippen molar-refractivity contribution in [1.82, 2.24) is 15.4 Å². The highest BCUT2D eigenvalue weighted by atomic mass is 35.5. The van der Waals surface area contributed by atoms with E-state index >= 15 is 0 Å². The molecule has 2 aliphatic rings. The number of halogens is 2. The third-order valence-corrected chi connectivity index (χ3v) is 5.32. The number of carbonyl (C=O) groups is 1. The monoisotopic (exact) mass is 420 g/mol. The molecule has 1 fully saturated rings. The Morgan fingerprint density at radius 1 is 1.48 bits per heavy atom. The second-order valence-corrected chi connectivity index (χ2v) is 7.18. The second-order valence-electron chi connectivity index (χ2n) is 6.77. The fourth-order valence-electron chi connectivity index (χ4n) is 3.42. The van der Waals surface area contributed by atoms with Gasteiger partial charge in [-0.15, -0.1) is 5.48 Å². The van der Waals surface area contributed by atoms with E-state index in [9.17, 15) is 9.18 Å². The van der Waals surface area contributed by atoms with E-state index < -0.39 is 18.1 Å². The molecule has 1 aromatic heterocycles. The Bertz CT molecular complexity index is 973. The summed E-state index contributed by atoms with van der Waals surface area (Å²) >= 11 is 6.38. The molecule has 0 spiro atoms. The van der Waals surface area contributed by atoms with E-state index in [-0.39, 0.29) is 23.7 Å². The van der Waals surface area contributed by atoms with Crippen molar-refractivity contribution in [3.63, 3.8) is 0 Å². The number of amidine groups is 1. The highest BCUT2D eigenvalue weighted by Gasteiger charge is 2.57. The van der Waals surface area contributed by atoms with Crippen molar-refractivity contribution in [1.29, 1.82) is 0 Å². The molecule has 1 amide bonds. The molecule has 29 heavy (non-hydrogen) atoms. The average Bonchev–Trinajstić information content (AvgIpc) is 3.53. The molecular formula is C18H18ClFN6O3. The number of hydrogen-bond donors (Lipinski definition) is 3. The maximum Gasteiger partial charge on any atom is 0.303 e. The Labute approximate surface area is 170 Å². The fourth-order valence-corrected chi connectivity index (χ4v) is 3.70. The van der Waals surface area contributed by atoms with Crippen LogP contribution in [-0.4, -0.2) is 41.7 Å². The zero-order valence-corrected chi connectivity index (χ0v) is 16.1. The standard InChI is InChI=1S/C18H18ClFN6O3/c1-28-15-7-22-14(6-23-15)16(27)24-9-2-3-12(19)10(4-9)18(8-20)11-5-13(11)26-29-17(21)25-18/h2-4,6-7,11,13,26H,5,8H2,1H3,(H2,21,25)(H,24,27)/t11-,13+,18+/m0/s1. The molecule has 2 heterocycles. The Morgan fingerprint density at radius 3 is 3.00 bits per heavy atom. The van der Waals surface area contributed by atoms with Crippen LogP contribution in [0.3, 0.4) is 0 Å². The van der Waals surface area contributed by atoms with Crippen molar-refractivity contribution in [2.24, 2.45) is 16.6 Å².